The van der Waals surface area contributed by atoms with Gasteiger partial charge in [0.2, 0.25) is 11.8 Å². The largest absolute Gasteiger partial charge is 0.481 e. The molecule has 7 nitrogen and oxygen atoms in total. The number of unbranched alkanes of at least 4 members (excludes halogenated alkanes) is 3. The molecule has 2 N–H and O–H groups in total. The molecule has 2 heterocycles. The normalized spacial score (nSPS) is 25.0. The Morgan fingerprint density at radius 2 is 1.83 bits per heavy atom. The van der Waals surface area contributed by atoms with Crippen LogP contribution in [-0.4, -0.2) is 60.1 Å². The third-order valence-corrected chi connectivity index (χ3v) is 6.30. The summed E-state index contributed by atoms with van der Waals surface area (Å²) in [6.07, 6.45) is 12.3. The van der Waals surface area contributed by atoms with Gasteiger partial charge in [0.15, 0.2) is 0 Å². The number of nitrogens with one attached hydrogen (secondary N) is 1. The Balaban J connectivity index is 1.73. The van der Waals surface area contributed by atoms with Gasteiger partial charge in [0, 0.05) is 32.5 Å². The molecule has 170 valence electrons. The number of ether oxygens (including phenoxy) is 1. The molecule has 2 bridgehead atoms. The van der Waals surface area contributed by atoms with E-state index in [0.717, 1.165) is 44.9 Å². The Morgan fingerprint density at radius 1 is 1.10 bits per heavy atom. The molecule has 2 amide bonds. The highest BCUT2D eigenvalue weighted by Gasteiger charge is 2.48. The van der Waals surface area contributed by atoms with Gasteiger partial charge in [-0.25, -0.2) is 0 Å². The van der Waals surface area contributed by atoms with E-state index in [9.17, 15) is 14.4 Å². The van der Waals surface area contributed by atoms with Crippen LogP contribution in [0.4, 0.5) is 0 Å². The average Bonchev–Trinajstić information content (AvgIpc) is 3.30. The summed E-state index contributed by atoms with van der Waals surface area (Å²) in [5.41, 5.74) is 0. The van der Waals surface area contributed by atoms with Crippen LogP contribution in [0.3, 0.4) is 0 Å². The summed E-state index contributed by atoms with van der Waals surface area (Å²) in [7, 11) is 1.76. The fraction of sp³-hybridized carbons (Fsp3) is 0.783. The van der Waals surface area contributed by atoms with E-state index in [-0.39, 0.29) is 42.8 Å². The topological polar surface area (TPSA) is 95.9 Å². The van der Waals surface area contributed by atoms with Crippen molar-refractivity contribution in [1.82, 2.24) is 10.2 Å². The molecule has 4 atom stereocenters. The van der Waals surface area contributed by atoms with Gasteiger partial charge in [-0.05, 0) is 44.4 Å². The van der Waals surface area contributed by atoms with Gasteiger partial charge in [0.25, 0.3) is 0 Å². The molecule has 0 aromatic carbocycles. The number of allylic oxidation sites excluding steroid dienone is 2. The van der Waals surface area contributed by atoms with Gasteiger partial charge in [-0.2, -0.15) is 0 Å². The minimum atomic E-state index is -0.758. The molecular weight excluding hydrogens is 384 g/mol. The van der Waals surface area contributed by atoms with Crippen molar-refractivity contribution in [2.24, 2.45) is 11.8 Å². The summed E-state index contributed by atoms with van der Waals surface area (Å²) in [4.78, 5) is 36.7. The summed E-state index contributed by atoms with van der Waals surface area (Å²) >= 11 is 0. The maximum Gasteiger partial charge on any atom is 0.303 e. The van der Waals surface area contributed by atoms with Gasteiger partial charge in [0.05, 0.1) is 12.2 Å². The van der Waals surface area contributed by atoms with Gasteiger partial charge >= 0.3 is 5.97 Å². The molecule has 0 unspecified atom stereocenters. The molecule has 2 saturated heterocycles. The van der Waals surface area contributed by atoms with Crippen LogP contribution in [0.1, 0.15) is 71.1 Å². The van der Waals surface area contributed by atoms with E-state index in [1.54, 1.807) is 11.9 Å². The zero-order valence-corrected chi connectivity index (χ0v) is 18.5. The number of hydrogen-bond acceptors (Lipinski definition) is 4. The average molecular weight is 423 g/mol. The van der Waals surface area contributed by atoms with E-state index < -0.39 is 5.97 Å². The maximum atomic E-state index is 12.3. The molecule has 2 aliphatic heterocycles. The molecule has 0 aliphatic carbocycles. The monoisotopic (exact) mass is 422 g/mol. The molecule has 0 radical (unpaired) electrons. The van der Waals surface area contributed by atoms with Crippen molar-refractivity contribution in [3.63, 3.8) is 0 Å². The lowest BCUT2D eigenvalue weighted by Gasteiger charge is -2.27. The zero-order valence-electron chi connectivity index (χ0n) is 18.5. The van der Waals surface area contributed by atoms with Gasteiger partial charge in [-0.1, -0.05) is 31.9 Å². The van der Waals surface area contributed by atoms with Crippen molar-refractivity contribution in [1.29, 1.82) is 0 Å². The highest BCUT2D eigenvalue weighted by Crippen LogP contribution is 2.44. The van der Waals surface area contributed by atoms with Crippen molar-refractivity contribution >= 4 is 17.8 Å². The van der Waals surface area contributed by atoms with Gasteiger partial charge < -0.3 is 20.1 Å². The quantitative estimate of drug-likeness (QED) is 0.255. The van der Waals surface area contributed by atoms with E-state index in [4.69, 9.17) is 9.84 Å². The van der Waals surface area contributed by atoms with Gasteiger partial charge in [-0.3, -0.25) is 14.4 Å². The Labute approximate surface area is 180 Å². The van der Waals surface area contributed by atoms with Crippen LogP contribution in [0.15, 0.2) is 12.2 Å². The van der Waals surface area contributed by atoms with Crippen molar-refractivity contribution in [2.75, 3.05) is 20.1 Å². The lowest BCUT2D eigenvalue weighted by Crippen LogP contribution is -2.40. The summed E-state index contributed by atoms with van der Waals surface area (Å²) in [5, 5.41) is 11.6. The number of carboxylic acids is 1. The van der Waals surface area contributed by atoms with Crippen molar-refractivity contribution in [2.45, 2.75) is 83.3 Å². The summed E-state index contributed by atoms with van der Waals surface area (Å²) in [5.74, 6) is -0.464. The molecule has 7 heteroatoms. The lowest BCUT2D eigenvalue weighted by molar-refractivity contribution is -0.137. The Morgan fingerprint density at radius 3 is 2.53 bits per heavy atom. The lowest BCUT2D eigenvalue weighted by atomic mass is 9.77. The number of carbonyl (C=O) groups is 3. The second kappa shape index (κ2) is 12.7. The maximum absolute atomic E-state index is 12.3. The first kappa shape index (κ1) is 24.4. The van der Waals surface area contributed by atoms with Crippen molar-refractivity contribution < 1.29 is 24.2 Å². The van der Waals surface area contributed by atoms with Crippen LogP contribution in [0.25, 0.3) is 0 Å². The predicted octanol–water partition coefficient (Wildman–Crippen LogP) is 3.14. The van der Waals surface area contributed by atoms with Crippen LogP contribution in [0.5, 0.6) is 0 Å². The number of fused-ring (bicyclic) bond motifs is 2. The Kier molecular flexibility index (Phi) is 10.3. The molecule has 2 aliphatic rings. The molecule has 0 aromatic rings. The number of carboxylic acid groups (broad SMARTS) is 1. The fourth-order valence-electron chi connectivity index (χ4n) is 4.51. The van der Waals surface area contributed by atoms with Crippen molar-refractivity contribution in [3.05, 3.63) is 12.2 Å². The molecule has 30 heavy (non-hydrogen) atoms. The van der Waals surface area contributed by atoms with Crippen LogP contribution in [-0.2, 0) is 19.1 Å². The number of carbonyl (C=O) groups excluding carboxylic acids is 2. The van der Waals surface area contributed by atoms with Crippen molar-refractivity contribution in [3.8, 4) is 0 Å². The Hall–Kier alpha value is -1.89. The van der Waals surface area contributed by atoms with E-state index in [2.05, 4.69) is 24.4 Å². The molecule has 0 aromatic heterocycles. The Bertz CT molecular complexity index is 606. The number of aliphatic carboxylic acids is 1. The van der Waals surface area contributed by atoms with Gasteiger partial charge in [0.1, 0.15) is 6.42 Å². The first-order valence-corrected chi connectivity index (χ1v) is 11.4. The van der Waals surface area contributed by atoms with Crippen LogP contribution < -0.4 is 5.32 Å². The number of rotatable bonds is 14. The third kappa shape index (κ3) is 7.74. The smallest absolute Gasteiger partial charge is 0.303 e. The van der Waals surface area contributed by atoms with E-state index >= 15 is 0 Å². The van der Waals surface area contributed by atoms with E-state index in [1.807, 2.05) is 0 Å². The first-order chi connectivity index (χ1) is 14.4. The molecule has 0 saturated carbocycles. The predicted molar refractivity (Wildman–Crippen MR) is 115 cm³/mol. The molecular formula is C23H38N2O5. The number of hydrogen-bond donors (Lipinski definition) is 2. The molecule has 2 fully saturated rings. The van der Waals surface area contributed by atoms with Gasteiger partial charge in [-0.15, -0.1) is 0 Å². The zero-order chi connectivity index (χ0) is 21.9. The SMILES string of the molecule is CCCCCN(C)C(=O)CC(=O)NC[C@H]1[C@@H](C/C=C\CCCC(=O)O)[C@H]2CC[C@@H]1O2. The molecule has 0 spiro atoms. The second-order valence-corrected chi connectivity index (χ2v) is 8.61. The summed E-state index contributed by atoms with van der Waals surface area (Å²) in [6, 6.07) is 0. The standard InChI is InChI=1S/C23H38N2O5/c1-3-4-9-14-25(2)22(27)15-21(26)24-16-18-17(19-12-13-20(18)30-19)10-7-5-6-8-11-23(28)29/h5,7,17-20H,3-4,6,8-16H2,1-2H3,(H,24,26)(H,28,29)/b7-5-/t17-,18+,19-,20+/m1/s1. The fourth-order valence-corrected chi connectivity index (χ4v) is 4.51. The summed E-state index contributed by atoms with van der Waals surface area (Å²) in [6.45, 7) is 3.36. The van der Waals surface area contributed by atoms with E-state index in [1.165, 1.54) is 0 Å². The number of amides is 2. The van der Waals surface area contributed by atoms with Crippen LogP contribution in [0, 0.1) is 11.8 Å². The second-order valence-electron chi connectivity index (χ2n) is 8.61. The number of nitrogens with zero attached hydrogens (tertiary/aromatic N) is 1. The molecule has 2 rings (SSSR count). The summed E-state index contributed by atoms with van der Waals surface area (Å²) < 4.78 is 6.08. The first-order valence-electron chi connectivity index (χ1n) is 11.4. The third-order valence-electron chi connectivity index (χ3n) is 6.30. The van der Waals surface area contributed by atoms with E-state index in [0.29, 0.717) is 25.4 Å². The minimum absolute atomic E-state index is 0.0988. The van der Waals surface area contributed by atoms with Crippen LogP contribution >= 0.6 is 0 Å². The highest BCUT2D eigenvalue weighted by molar-refractivity contribution is 5.96. The highest BCUT2D eigenvalue weighted by atomic mass is 16.5. The minimum Gasteiger partial charge on any atom is -0.481 e. The van der Waals surface area contributed by atoms with Crippen LogP contribution in [0.2, 0.25) is 0 Å².